The number of thioether (sulfide) groups is 2. The van der Waals surface area contributed by atoms with Crippen molar-refractivity contribution in [1.82, 2.24) is 0 Å². The number of thiocyanates is 2. The number of rotatable bonds is 4. The summed E-state index contributed by atoms with van der Waals surface area (Å²) < 4.78 is 0. The highest BCUT2D eigenvalue weighted by Crippen LogP contribution is 2.13. The van der Waals surface area contributed by atoms with Gasteiger partial charge >= 0.3 is 0 Å². The van der Waals surface area contributed by atoms with Crippen molar-refractivity contribution in [3.63, 3.8) is 0 Å². The van der Waals surface area contributed by atoms with Crippen LogP contribution in [0, 0.1) is 21.3 Å². The zero-order valence-electron chi connectivity index (χ0n) is 5.08. The summed E-state index contributed by atoms with van der Waals surface area (Å²) in [5.41, 5.74) is 0. The summed E-state index contributed by atoms with van der Waals surface area (Å²) in [6, 6.07) is 0. The summed E-state index contributed by atoms with van der Waals surface area (Å²) >= 11 is 5.74. The summed E-state index contributed by atoms with van der Waals surface area (Å²) in [5.74, 6) is 1.48. The van der Waals surface area contributed by atoms with Crippen LogP contribution in [-0.2, 0) is 0 Å². The van der Waals surface area contributed by atoms with E-state index in [2.05, 4.69) is 15.9 Å². The predicted octanol–water partition coefficient (Wildman–Crippen LogP) is 2.18. The van der Waals surface area contributed by atoms with Gasteiger partial charge in [0.1, 0.15) is 10.8 Å². The Kier molecular flexibility index (Phi) is 7.39. The molecular formula is C5H5BrN2S2. The van der Waals surface area contributed by atoms with Gasteiger partial charge in [0.2, 0.25) is 0 Å². The van der Waals surface area contributed by atoms with Crippen LogP contribution in [0.3, 0.4) is 0 Å². The Morgan fingerprint density at radius 3 is 1.90 bits per heavy atom. The molecule has 54 valence electrons. The lowest BCUT2D eigenvalue weighted by Gasteiger charge is -2.00. The molecule has 0 fully saturated rings. The van der Waals surface area contributed by atoms with Gasteiger partial charge in [0, 0.05) is 16.3 Å². The van der Waals surface area contributed by atoms with Crippen molar-refractivity contribution in [1.29, 1.82) is 10.5 Å². The first-order chi connectivity index (χ1) is 4.81. The summed E-state index contributed by atoms with van der Waals surface area (Å²) in [6.45, 7) is 0. The molecule has 0 rings (SSSR count). The number of nitriles is 2. The lowest BCUT2D eigenvalue weighted by Crippen LogP contribution is -2.03. The summed E-state index contributed by atoms with van der Waals surface area (Å²) in [4.78, 5) is 0.266. The third-order valence-electron chi connectivity index (χ3n) is 0.657. The highest BCUT2D eigenvalue weighted by atomic mass is 79.9. The summed E-state index contributed by atoms with van der Waals surface area (Å²) in [7, 11) is 0. The quantitative estimate of drug-likeness (QED) is 0.555. The molecule has 5 heteroatoms. The minimum atomic E-state index is 0.266. The lowest BCUT2D eigenvalue weighted by atomic mass is 10.6. The van der Waals surface area contributed by atoms with Crippen LogP contribution in [0.2, 0.25) is 0 Å². The first kappa shape index (κ1) is 10.2. The van der Waals surface area contributed by atoms with Crippen LogP contribution in [0.15, 0.2) is 0 Å². The Morgan fingerprint density at radius 2 is 1.60 bits per heavy atom. The van der Waals surface area contributed by atoms with Gasteiger partial charge in [-0.15, -0.1) is 0 Å². The van der Waals surface area contributed by atoms with E-state index in [1.807, 2.05) is 10.8 Å². The van der Waals surface area contributed by atoms with Gasteiger partial charge in [-0.2, -0.15) is 10.5 Å². The molecule has 0 N–H and O–H groups in total. The zero-order valence-corrected chi connectivity index (χ0v) is 8.30. The molecule has 0 aliphatic carbocycles. The molecule has 0 saturated carbocycles. The largest absolute Gasteiger partial charge is 0.185 e. The number of nitrogens with zero attached hydrogens (tertiary/aromatic N) is 2. The minimum absolute atomic E-state index is 0.266. The Bertz CT molecular complexity index is 142. The van der Waals surface area contributed by atoms with Gasteiger partial charge in [0.05, 0.1) is 0 Å². The predicted molar refractivity (Wildman–Crippen MR) is 48.9 cm³/mol. The van der Waals surface area contributed by atoms with E-state index in [0.29, 0.717) is 0 Å². The SMILES string of the molecule is N#CSCC(Br)CSC#N. The van der Waals surface area contributed by atoms with Crippen LogP contribution in [0.1, 0.15) is 0 Å². The van der Waals surface area contributed by atoms with Crippen molar-refractivity contribution in [3.8, 4) is 10.8 Å². The summed E-state index contributed by atoms with van der Waals surface area (Å²) in [5, 5.41) is 20.3. The van der Waals surface area contributed by atoms with Gasteiger partial charge in [-0.05, 0) is 23.5 Å². The van der Waals surface area contributed by atoms with E-state index in [1.165, 1.54) is 23.5 Å². The highest BCUT2D eigenvalue weighted by molar-refractivity contribution is 9.09. The van der Waals surface area contributed by atoms with Crippen LogP contribution >= 0.6 is 39.5 Å². The first-order valence-electron chi connectivity index (χ1n) is 2.47. The van der Waals surface area contributed by atoms with Gasteiger partial charge < -0.3 is 0 Å². The molecule has 0 amide bonds. The molecule has 0 aliphatic heterocycles. The van der Waals surface area contributed by atoms with Crippen LogP contribution in [0.5, 0.6) is 0 Å². The molecule has 0 aromatic heterocycles. The molecule has 0 aromatic rings. The van der Waals surface area contributed by atoms with Crippen molar-refractivity contribution in [3.05, 3.63) is 0 Å². The third-order valence-corrected chi connectivity index (χ3v) is 3.56. The van der Waals surface area contributed by atoms with E-state index in [4.69, 9.17) is 10.5 Å². The fraction of sp³-hybridized carbons (Fsp3) is 0.600. The van der Waals surface area contributed by atoms with E-state index in [0.717, 1.165) is 11.5 Å². The van der Waals surface area contributed by atoms with Crippen molar-refractivity contribution in [2.75, 3.05) is 11.5 Å². The Labute approximate surface area is 77.1 Å². The molecule has 0 heterocycles. The van der Waals surface area contributed by atoms with Crippen LogP contribution in [-0.4, -0.2) is 16.3 Å². The van der Waals surface area contributed by atoms with Gasteiger partial charge in [0.15, 0.2) is 0 Å². The van der Waals surface area contributed by atoms with Crippen LogP contribution in [0.4, 0.5) is 0 Å². The van der Waals surface area contributed by atoms with E-state index in [-0.39, 0.29) is 4.83 Å². The number of hydrogen-bond donors (Lipinski definition) is 0. The van der Waals surface area contributed by atoms with Crippen molar-refractivity contribution in [2.24, 2.45) is 0 Å². The molecule has 0 saturated heterocycles. The monoisotopic (exact) mass is 236 g/mol. The molecule has 0 atom stereocenters. The minimum Gasteiger partial charge on any atom is -0.185 e. The van der Waals surface area contributed by atoms with E-state index < -0.39 is 0 Å². The van der Waals surface area contributed by atoms with E-state index >= 15 is 0 Å². The molecule has 0 bridgehead atoms. The van der Waals surface area contributed by atoms with Gasteiger partial charge in [0.25, 0.3) is 0 Å². The van der Waals surface area contributed by atoms with Gasteiger partial charge in [-0.25, -0.2) is 0 Å². The Balaban J connectivity index is 3.20. The van der Waals surface area contributed by atoms with E-state index in [9.17, 15) is 0 Å². The average molecular weight is 237 g/mol. The summed E-state index contributed by atoms with van der Waals surface area (Å²) in [6.07, 6.45) is 0. The number of alkyl halides is 1. The van der Waals surface area contributed by atoms with Crippen molar-refractivity contribution in [2.45, 2.75) is 4.83 Å². The zero-order chi connectivity index (χ0) is 7.82. The lowest BCUT2D eigenvalue weighted by molar-refractivity contribution is 1.18. The third kappa shape index (κ3) is 6.28. The Hall–Kier alpha value is 0.160. The van der Waals surface area contributed by atoms with Crippen molar-refractivity contribution < 1.29 is 0 Å². The van der Waals surface area contributed by atoms with E-state index in [1.54, 1.807) is 0 Å². The first-order valence-corrected chi connectivity index (χ1v) is 5.35. The molecule has 0 unspecified atom stereocenters. The molecule has 10 heavy (non-hydrogen) atoms. The highest BCUT2D eigenvalue weighted by Gasteiger charge is 2.02. The normalized spacial score (nSPS) is 8.80. The second kappa shape index (κ2) is 7.27. The molecule has 0 radical (unpaired) electrons. The maximum Gasteiger partial charge on any atom is 0.133 e. The van der Waals surface area contributed by atoms with Crippen molar-refractivity contribution >= 4 is 39.5 Å². The standard InChI is InChI=1S/C5H5BrN2S2/c6-5(1-9-3-7)2-10-4-8/h5H,1-2H2. The van der Waals surface area contributed by atoms with Gasteiger partial charge in [-0.3, -0.25) is 0 Å². The van der Waals surface area contributed by atoms with Crippen LogP contribution in [0.25, 0.3) is 0 Å². The second-order valence-corrected chi connectivity index (χ2v) is 4.31. The maximum absolute atomic E-state index is 8.16. The van der Waals surface area contributed by atoms with Crippen LogP contribution < -0.4 is 0 Å². The number of halogens is 1. The molecule has 0 spiro atoms. The molecule has 2 nitrogen and oxygen atoms in total. The fourth-order valence-corrected chi connectivity index (χ4v) is 1.99. The maximum atomic E-state index is 8.16. The smallest absolute Gasteiger partial charge is 0.133 e. The topological polar surface area (TPSA) is 47.6 Å². The molecule has 0 aliphatic rings. The average Bonchev–Trinajstić information content (AvgIpc) is 1.97. The molecular weight excluding hydrogens is 232 g/mol. The van der Waals surface area contributed by atoms with Gasteiger partial charge in [-0.1, -0.05) is 15.9 Å². The molecule has 0 aromatic carbocycles. The Morgan fingerprint density at radius 1 is 1.20 bits per heavy atom. The fourth-order valence-electron chi connectivity index (χ4n) is 0.303. The second-order valence-electron chi connectivity index (χ2n) is 1.40. The number of hydrogen-bond acceptors (Lipinski definition) is 4.